The molecule has 2 aromatic heterocycles. The lowest BCUT2D eigenvalue weighted by molar-refractivity contribution is -0.128. The number of allylic oxidation sites excluding steroid dienone is 1. The van der Waals surface area contributed by atoms with Gasteiger partial charge in [0.25, 0.3) is 5.91 Å². The average molecular weight is 324 g/mol. The number of aromatic nitrogens is 4. The number of piperidine rings is 1. The van der Waals surface area contributed by atoms with Gasteiger partial charge in [0.1, 0.15) is 12.4 Å². The van der Waals surface area contributed by atoms with Crippen molar-refractivity contribution in [2.45, 2.75) is 32.2 Å². The van der Waals surface area contributed by atoms with Crippen LogP contribution in [0.5, 0.6) is 0 Å². The summed E-state index contributed by atoms with van der Waals surface area (Å²) in [5.41, 5.74) is 2.32. The number of nitrogens with zero attached hydrogens (tertiary/aromatic N) is 5. The second kappa shape index (κ2) is 6.07. The molecule has 24 heavy (non-hydrogen) atoms. The van der Waals surface area contributed by atoms with E-state index in [0.29, 0.717) is 11.5 Å². The van der Waals surface area contributed by atoms with Gasteiger partial charge in [-0.25, -0.2) is 4.68 Å². The highest BCUT2D eigenvalue weighted by molar-refractivity contribution is 5.96. The van der Waals surface area contributed by atoms with Gasteiger partial charge in [-0.1, -0.05) is 6.07 Å². The van der Waals surface area contributed by atoms with Crippen molar-refractivity contribution in [3.05, 3.63) is 47.7 Å². The molecule has 7 nitrogen and oxygen atoms in total. The van der Waals surface area contributed by atoms with Crippen molar-refractivity contribution in [2.75, 3.05) is 18.4 Å². The van der Waals surface area contributed by atoms with Gasteiger partial charge in [-0.15, -0.1) is 0 Å². The third-order valence-corrected chi connectivity index (χ3v) is 4.64. The van der Waals surface area contributed by atoms with E-state index in [-0.39, 0.29) is 11.9 Å². The first-order chi connectivity index (χ1) is 11.8. The Bertz CT molecular complexity index is 775. The van der Waals surface area contributed by atoms with E-state index in [1.165, 1.54) is 12.7 Å². The molecule has 1 saturated heterocycles. The normalized spacial score (nSPS) is 20.5. The molecule has 4 rings (SSSR count). The fourth-order valence-electron chi connectivity index (χ4n) is 3.45. The number of fused-ring (bicyclic) bond motifs is 1. The third-order valence-electron chi connectivity index (χ3n) is 4.64. The third kappa shape index (κ3) is 2.46. The summed E-state index contributed by atoms with van der Waals surface area (Å²) in [6.45, 7) is 3.55. The summed E-state index contributed by atoms with van der Waals surface area (Å²) in [7, 11) is 0. The Balaban J connectivity index is 1.78. The minimum atomic E-state index is -0.348. The lowest BCUT2D eigenvalue weighted by Crippen LogP contribution is -2.41. The molecule has 0 unspecified atom stereocenters. The van der Waals surface area contributed by atoms with Gasteiger partial charge in [-0.05, 0) is 38.3 Å². The van der Waals surface area contributed by atoms with E-state index in [1.807, 2.05) is 30.0 Å². The lowest BCUT2D eigenvalue weighted by atomic mass is 9.97. The number of carbonyl (C=O) groups is 1. The molecule has 0 aromatic carbocycles. The Kier molecular flexibility index (Phi) is 3.76. The van der Waals surface area contributed by atoms with Crippen molar-refractivity contribution in [2.24, 2.45) is 0 Å². The van der Waals surface area contributed by atoms with Crippen LogP contribution in [0, 0.1) is 0 Å². The number of hydrogen-bond acceptors (Lipinski definition) is 5. The first-order valence-corrected chi connectivity index (χ1v) is 8.33. The minimum absolute atomic E-state index is 0.0662. The van der Waals surface area contributed by atoms with Gasteiger partial charge in [0, 0.05) is 25.0 Å². The van der Waals surface area contributed by atoms with Gasteiger partial charge < -0.3 is 10.2 Å². The quantitative estimate of drug-likeness (QED) is 0.914. The van der Waals surface area contributed by atoms with Gasteiger partial charge in [0.2, 0.25) is 5.95 Å². The zero-order valence-corrected chi connectivity index (χ0v) is 13.6. The molecule has 1 fully saturated rings. The predicted molar refractivity (Wildman–Crippen MR) is 89.2 cm³/mol. The molecule has 1 N–H and O–H groups in total. The summed E-state index contributed by atoms with van der Waals surface area (Å²) >= 11 is 0. The molecule has 0 bridgehead atoms. The number of amides is 1. The molecular weight excluding hydrogens is 304 g/mol. The Morgan fingerprint density at radius 1 is 1.21 bits per heavy atom. The summed E-state index contributed by atoms with van der Waals surface area (Å²) in [6.07, 6.45) is 6.56. The van der Waals surface area contributed by atoms with Crippen molar-refractivity contribution in [3.8, 4) is 0 Å². The van der Waals surface area contributed by atoms with Crippen LogP contribution in [0.1, 0.15) is 37.9 Å². The van der Waals surface area contributed by atoms with E-state index in [9.17, 15) is 4.79 Å². The SMILES string of the molecule is CC1=C(C(=O)N2CCCCC2)[C@@H](c2ccccn2)n2ncnc2N1. The Hall–Kier alpha value is -2.70. The highest BCUT2D eigenvalue weighted by atomic mass is 16.2. The monoisotopic (exact) mass is 324 g/mol. The number of nitrogens with one attached hydrogen (secondary N) is 1. The van der Waals surface area contributed by atoms with Crippen molar-refractivity contribution < 1.29 is 4.79 Å². The molecule has 7 heteroatoms. The Morgan fingerprint density at radius 2 is 2.04 bits per heavy atom. The van der Waals surface area contributed by atoms with Crippen LogP contribution in [0.15, 0.2) is 42.0 Å². The van der Waals surface area contributed by atoms with Gasteiger partial charge in [-0.2, -0.15) is 10.1 Å². The first-order valence-electron chi connectivity index (χ1n) is 8.33. The highest BCUT2D eigenvalue weighted by Crippen LogP contribution is 2.34. The number of likely N-dealkylation sites (tertiary alicyclic amines) is 1. The van der Waals surface area contributed by atoms with Crippen LogP contribution in [0.3, 0.4) is 0 Å². The fourth-order valence-corrected chi connectivity index (χ4v) is 3.45. The molecule has 0 radical (unpaired) electrons. The maximum Gasteiger partial charge on any atom is 0.254 e. The van der Waals surface area contributed by atoms with Crippen molar-refractivity contribution in [1.29, 1.82) is 0 Å². The van der Waals surface area contributed by atoms with Gasteiger partial charge in [0.05, 0.1) is 11.3 Å². The van der Waals surface area contributed by atoms with Gasteiger partial charge in [0.15, 0.2) is 0 Å². The lowest BCUT2D eigenvalue weighted by Gasteiger charge is -2.33. The zero-order chi connectivity index (χ0) is 16.5. The van der Waals surface area contributed by atoms with E-state index in [1.54, 1.807) is 10.9 Å². The summed E-state index contributed by atoms with van der Waals surface area (Å²) in [5, 5.41) is 7.53. The van der Waals surface area contributed by atoms with E-state index in [0.717, 1.165) is 37.3 Å². The zero-order valence-electron chi connectivity index (χ0n) is 13.6. The number of anilines is 1. The highest BCUT2D eigenvalue weighted by Gasteiger charge is 2.36. The Labute approximate surface area is 140 Å². The average Bonchev–Trinajstić information content (AvgIpc) is 3.09. The summed E-state index contributed by atoms with van der Waals surface area (Å²) in [4.78, 5) is 23.9. The van der Waals surface area contributed by atoms with E-state index >= 15 is 0 Å². The van der Waals surface area contributed by atoms with Crippen molar-refractivity contribution in [3.63, 3.8) is 0 Å². The van der Waals surface area contributed by atoms with E-state index in [2.05, 4.69) is 20.4 Å². The molecular formula is C17H20N6O. The van der Waals surface area contributed by atoms with Crippen LogP contribution in [0.25, 0.3) is 0 Å². The standard InChI is InChI=1S/C17H20N6O/c1-12-14(16(24)22-9-5-2-6-10-22)15(13-7-3-4-8-18-13)23-17(21-12)19-11-20-23/h3-4,7-8,11,15H,2,5-6,9-10H2,1H3,(H,19,20,21)/t15-/m1/s1. The molecule has 124 valence electrons. The number of rotatable bonds is 2. The molecule has 4 heterocycles. The molecule has 1 atom stereocenters. The molecule has 0 spiro atoms. The largest absolute Gasteiger partial charge is 0.339 e. The van der Waals surface area contributed by atoms with E-state index < -0.39 is 0 Å². The maximum absolute atomic E-state index is 13.2. The van der Waals surface area contributed by atoms with Crippen LogP contribution in [-0.4, -0.2) is 43.6 Å². The molecule has 0 saturated carbocycles. The topological polar surface area (TPSA) is 75.9 Å². The predicted octanol–water partition coefficient (Wildman–Crippen LogP) is 1.97. The second-order valence-electron chi connectivity index (χ2n) is 6.20. The number of hydrogen-bond donors (Lipinski definition) is 1. The van der Waals surface area contributed by atoms with Crippen LogP contribution in [0.2, 0.25) is 0 Å². The molecule has 2 aliphatic rings. The molecule has 0 aliphatic carbocycles. The van der Waals surface area contributed by atoms with Gasteiger partial charge in [-0.3, -0.25) is 9.78 Å². The smallest absolute Gasteiger partial charge is 0.254 e. The number of carbonyl (C=O) groups excluding carboxylic acids is 1. The molecule has 2 aliphatic heterocycles. The minimum Gasteiger partial charge on any atom is -0.339 e. The summed E-state index contributed by atoms with van der Waals surface area (Å²) < 4.78 is 1.74. The van der Waals surface area contributed by atoms with Crippen molar-refractivity contribution in [1.82, 2.24) is 24.6 Å². The fraction of sp³-hybridized carbons (Fsp3) is 0.412. The number of pyridine rings is 1. The van der Waals surface area contributed by atoms with Gasteiger partial charge >= 0.3 is 0 Å². The van der Waals surface area contributed by atoms with Crippen LogP contribution in [0.4, 0.5) is 5.95 Å². The Morgan fingerprint density at radius 3 is 2.79 bits per heavy atom. The molecule has 2 aromatic rings. The summed E-state index contributed by atoms with van der Waals surface area (Å²) in [5.74, 6) is 0.704. The van der Waals surface area contributed by atoms with Crippen LogP contribution < -0.4 is 5.32 Å². The second-order valence-corrected chi connectivity index (χ2v) is 6.20. The van der Waals surface area contributed by atoms with Crippen LogP contribution >= 0.6 is 0 Å². The molecule has 1 amide bonds. The van der Waals surface area contributed by atoms with E-state index in [4.69, 9.17) is 0 Å². The van der Waals surface area contributed by atoms with Crippen LogP contribution in [-0.2, 0) is 4.79 Å². The van der Waals surface area contributed by atoms with Crippen molar-refractivity contribution >= 4 is 11.9 Å². The first kappa shape index (κ1) is 14.9. The summed E-state index contributed by atoms with van der Waals surface area (Å²) in [6, 6.07) is 5.38. The maximum atomic E-state index is 13.2.